The largest absolute Gasteiger partial charge is 0.444 e. The van der Waals surface area contributed by atoms with E-state index < -0.39 is 31.9 Å². The van der Waals surface area contributed by atoms with Gasteiger partial charge in [0, 0.05) is 16.7 Å². The van der Waals surface area contributed by atoms with Gasteiger partial charge in [-0.25, -0.2) is 4.79 Å². The van der Waals surface area contributed by atoms with Crippen LogP contribution in [0.5, 0.6) is 0 Å². The van der Waals surface area contributed by atoms with Crippen molar-refractivity contribution in [1.29, 1.82) is 0 Å². The molecule has 0 aliphatic carbocycles. The fraction of sp³-hybridized carbons (Fsp3) is 0.233. The van der Waals surface area contributed by atoms with E-state index in [4.69, 9.17) is 4.74 Å². The Kier molecular flexibility index (Phi) is 12.1. The molecule has 4 rings (SSSR count). The molecule has 0 radical (unpaired) electrons. The Morgan fingerprint density at radius 2 is 1.25 bits per heavy atom. The van der Waals surface area contributed by atoms with E-state index in [0.29, 0.717) is 11.1 Å². The lowest BCUT2D eigenvalue weighted by molar-refractivity contribution is 0.0171. The highest BCUT2D eigenvalue weighted by Gasteiger charge is 2.31. The van der Waals surface area contributed by atoms with E-state index in [0.717, 1.165) is 22.3 Å². The third-order valence-corrected chi connectivity index (χ3v) is 7.82. The summed E-state index contributed by atoms with van der Waals surface area (Å²) in [5.41, 5.74) is 7.30. The lowest BCUT2D eigenvalue weighted by Gasteiger charge is -2.34. The molecule has 0 bridgehead atoms. The summed E-state index contributed by atoms with van der Waals surface area (Å²) >= 11 is 0. The molecule has 240 valence electrons. The molecular weight excluding hydrogens is 607 g/mol. The quantitative estimate of drug-likeness (QED) is 0.169. The standard InChI is InChI=1S/C43H41NO3Si/c1-43(2,3)47-42(46)44(41(36-25-9-7-10-26-36)37-27-11-8-12-28-37)33-38-29-16-14-22-34(38)21-13-15-23-35-24-17-18-30-39(35)40(45)31-19-20-32-48(4,5)6/h7-12,14,16-18,22,24-30,40-41,45H,33H2,1-6H3. The van der Waals surface area contributed by atoms with Crippen molar-refractivity contribution in [1.82, 2.24) is 4.90 Å². The van der Waals surface area contributed by atoms with Crippen LogP contribution >= 0.6 is 0 Å². The molecule has 0 fully saturated rings. The van der Waals surface area contributed by atoms with Crippen molar-refractivity contribution < 1.29 is 14.6 Å². The maximum Gasteiger partial charge on any atom is 0.411 e. The van der Waals surface area contributed by atoms with Gasteiger partial charge >= 0.3 is 6.09 Å². The molecule has 1 N–H and O–H groups in total. The second-order valence-corrected chi connectivity index (χ2v) is 18.0. The van der Waals surface area contributed by atoms with Crippen molar-refractivity contribution in [2.45, 2.75) is 64.7 Å². The predicted octanol–water partition coefficient (Wildman–Crippen LogP) is 8.53. The average Bonchev–Trinajstić information content (AvgIpc) is 3.05. The molecule has 0 aliphatic heterocycles. The molecular formula is C43H41NO3Si. The zero-order valence-electron chi connectivity index (χ0n) is 28.5. The second kappa shape index (κ2) is 16.4. The summed E-state index contributed by atoms with van der Waals surface area (Å²) < 4.78 is 5.95. The highest BCUT2D eigenvalue weighted by molar-refractivity contribution is 6.83. The summed E-state index contributed by atoms with van der Waals surface area (Å²) in [6.07, 6.45) is -1.44. The minimum Gasteiger partial charge on any atom is -0.444 e. The maximum atomic E-state index is 13.9. The number of aliphatic hydroxyl groups is 1. The van der Waals surface area contributed by atoms with Crippen molar-refractivity contribution in [3.05, 3.63) is 143 Å². The zero-order chi connectivity index (χ0) is 34.6. The number of carbonyl (C=O) groups is 1. The fourth-order valence-electron chi connectivity index (χ4n) is 4.82. The Labute approximate surface area is 287 Å². The summed E-state index contributed by atoms with van der Waals surface area (Å²) in [6.45, 7) is 12.3. The molecule has 4 aromatic carbocycles. The number of aliphatic hydroxyl groups excluding tert-OH is 1. The van der Waals surface area contributed by atoms with Crippen LogP contribution in [0.3, 0.4) is 0 Å². The van der Waals surface area contributed by atoms with Gasteiger partial charge in [0.05, 0.1) is 12.6 Å². The summed E-state index contributed by atoms with van der Waals surface area (Å²) in [4.78, 5) is 15.7. The van der Waals surface area contributed by atoms with Gasteiger partial charge < -0.3 is 9.84 Å². The van der Waals surface area contributed by atoms with Crippen molar-refractivity contribution in [2.75, 3.05) is 0 Å². The molecule has 4 nitrogen and oxygen atoms in total. The normalized spacial score (nSPS) is 11.2. The SMILES string of the molecule is CC(C)(C)OC(=O)N(Cc1ccccc1C#CC#Cc1ccccc1C(O)C#CC#C[Si](C)(C)C)C(c1ccccc1)c1ccccc1. The Bertz CT molecular complexity index is 1920. The molecule has 0 aliphatic rings. The fourth-order valence-corrected chi connectivity index (χ4v) is 5.25. The number of nitrogens with zero attached hydrogens (tertiary/aromatic N) is 1. The molecule has 4 aromatic rings. The molecule has 48 heavy (non-hydrogen) atoms. The first-order valence-electron chi connectivity index (χ1n) is 15.9. The van der Waals surface area contributed by atoms with E-state index in [1.807, 2.05) is 124 Å². The van der Waals surface area contributed by atoms with E-state index >= 15 is 0 Å². The van der Waals surface area contributed by atoms with Crippen LogP contribution in [0.25, 0.3) is 0 Å². The first kappa shape index (κ1) is 35.4. The summed E-state index contributed by atoms with van der Waals surface area (Å²) in [5, 5.41) is 10.7. The number of amides is 1. The molecule has 0 saturated carbocycles. The molecule has 0 heterocycles. The Morgan fingerprint density at radius 1 is 0.729 bits per heavy atom. The maximum absolute atomic E-state index is 13.9. The lowest BCUT2D eigenvalue weighted by atomic mass is 9.96. The molecule has 5 heteroatoms. The van der Waals surface area contributed by atoms with Gasteiger partial charge in [-0.2, -0.15) is 0 Å². The summed E-state index contributed by atoms with van der Waals surface area (Å²) in [6, 6.07) is 34.6. The number of hydrogen-bond acceptors (Lipinski definition) is 3. The van der Waals surface area contributed by atoms with Gasteiger partial charge in [-0.15, -0.1) is 5.54 Å². The average molecular weight is 648 g/mol. The van der Waals surface area contributed by atoms with E-state index in [1.54, 1.807) is 11.0 Å². The Balaban J connectivity index is 1.67. The van der Waals surface area contributed by atoms with Crippen LogP contribution < -0.4 is 0 Å². The predicted molar refractivity (Wildman–Crippen MR) is 197 cm³/mol. The van der Waals surface area contributed by atoms with E-state index in [9.17, 15) is 9.90 Å². The molecule has 0 spiro atoms. The van der Waals surface area contributed by atoms with E-state index in [-0.39, 0.29) is 6.54 Å². The van der Waals surface area contributed by atoms with Crippen molar-refractivity contribution in [3.8, 4) is 47.0 Å². The van der Waals surface area contributed by atoms with Gasteiger partial charge in [0.25, 0.3) is 0 Å². The van der Waals surface area contributed by atoms with Gasteiger partial charge in [0.2, 0.25) is 0 Å². The highest BCUT2D eigenvalue weighted by Crippen LogP contribution is 2.32. The minimum atomic E-state index is -1.54. The second-order valence-electron chi connectivity index (χ2n) is 13.2. The monoisotopic (exact) mass is 647 g/mol. The molecule has 0 aromatic heterocycles. The van der Waals surface area contributed by atoms with Gasteiger partial charge in [0.1, 0.15) is 19.8 Å². The number of benzene rings is 4. The van der Waals surface area contributed by atoms with Crippen LogP contribution in [0, 0.1) is 47.0 Å². The van der Waals surface area contributed by atoms with Crippen LogP contribution in [0.15, 0.2) is 109 Å². The zero-order valence-corrected chi connectivity index (χ0v) is 29.5. The first-order chi connectivity index (χ1) is 22.9. The minimum absolute atomic E-state index is 0.260. The number of hydrogen-bond donors (Lipinski definition) is 1. The molecule has 1 amide bonds. The van der Waals surface area contributed by atoms with Crippen LogP contribution in [0.1, 0.15) is 66.3 Å². The van der Waals surface area contributed by atoms with Crippen LogP contribution in [0.4, 0.5) is 4.79 Å². The Morgan fingerprint density at radius 3 is 1.83 bits per heavy atom. The van der Waals surface area contributed by atoms with Crippen molar-refractivity contribution in [3.63, 3.8) is 0 Å². The molecule has 0 saturated heterocycles. The highest BCUT2D eigenvalue weighted by atomic mass is 28.3. The summed E-state index contributed by atoms with van der Waals surface area (Å²) in [5.74, 6) is 20.7. The van der Waals surface area contributed by atoms with E-state index in [1.165, 1.54) is 0 Å². The van der Waals surface area contributed by atoms with E-state index in [2.05, 4.69) is 66.6 Å². The van der Waals surface area contributed by atoms with Crippen LogP contribution in [-0.2, 0) is 11.3 Å². The van der Waals surface area contributed by atoms with Crippen LogP contribution in [0.2, 0.25) is 19.6 Å². The molecule has 1 atom stereocenters. The van der Waals surface area contributed by atoms with Gasteiger partial charge in [-0.05, 0) is 73.3 Å². The Hall–Kier alpha value is -5.43. The first-order valence-corrected chi connectivity index (χ1v) is 19.4. The number of rotatable bonds is 6. The van der Waals surface area contributed by atoms with Crippen LogP contribution in [-0.4, -0.2) is 29.8 Å². The number of ether oxygens (including phenoxy) is 1. The number of carbonyl (C=O) groups excluding carboxylic acids is 1. The lowest BCUT2D eigenvalue weighted by Crippen LogP contribution is -2.39. The van der Waals surface area contributed by atoms with Crippen molar-refractivity contribution in [2.24, 2.45) is 0 Å². The smallest absolute Gasteiger partial charge is 0.411 e. The topological polar surface area (TPSA) is 49.8 Å². The van der Waals surface area contributed by atoms with Crippen molar-refractivity contribution >= 4 is 14.2 Å². The third-order valence-electron chi connectivity index (χ3n) is 6.95. The third kappa shape index (κ3) is 10.8. The van der Waals surface area contributed by atoms with Gasteiger partial charge in [-0.3, -0.25) is 4.90 Å². The van der Waals surface area contributed by atoms with Gasteiger partial charge in [-0.1, -0.05) is 134 Å². The van der Waals surface area contributed by atoms with Gasteiger partial charge in [0.15, 0.2) is 0 Å². The molecule has 1 unspecified atom stereocenters. The summed E-state index contributed by atoms with van der Waals surface area (Å²) in [7, 11) is -1.54.